The Labute approximate surface area is 158 Å². The van der Waals surface area contributed by atoms with Crippen LogP contribution in [0.1, 0.15) is 17.3 Å². The lowest BCUT2D eigenvalue weighted by molar-refractivity contribution is -0.119. The lowest BCUT2D eigenvalue weighted by atomic mass is 10.2. The van der Waals surface area contributed by atoms with E-state index in [0.29, 0.717) is 11.4 Å². The smallest absolute Gasteiger partial charge is 0.339 e. The van der Waals surface area contributed by atoms with Crippen molar-refractivity contribution in [2.24, 2.45) is 0 Å². The van der Waals surface area contributed by atoms with E-state index < -0.39 is 24.2 Å². The normalized spacial score (nSPS) is 10.4. The van der Waals surface area contributed by atoms with Gasteiger partial charge in [-0.25, -0.2) is 4.79 Å². The maximum absolute atomic E-state index is 12.5. The van der Waals surface area contributed by atoms with Crippen LogP contribution < -0.4 is 10.6 Å². The third kappa shape index (κ3) is 6.70. The Hall–Kier alpha value is -2.94. The molecule has 0 atom stereocenters. The number of alkyl halides is 2. The molecule has 142 valence electrons. The molecule has 0 spiro atoms. The third-order valence-electron chi connectivity index (χ3n) is 3.15. The molecule has 0 saturated carbocycles. The van der Waals surface area contributed by atoms with Crippen molar-refractivity contribution in [1.82, 2.24) is 0 Å². The number of ether oxygens (including phenoxy) is 1. The lowest BCUT2D eigenvalue weighted by Gasteiger charge is -2.10. The number of esters is 1. The molecule has 0 radical (unpaired) electrons. The summed E-state index contributed by atoms with van der Waals surface area (Å²) in [5, 5.41) is 5.11. The maximum atomic E-state index is 12.5. The summed E-state index contributed by atoms with van der Waals surface area (Å²) in [6.07, 6.45) is 0. The molecule has 0 bridgehead atoms. The summed E-state index contributed by atoms with van der Waals surface area (Å²) in [5.74, 6) is -4.35. The monoisotopic (exact) mass is 394 g/mol. The molecule has 0 heterocycles. The minimum atomic E-state index is -2.68. The second kappa shape index (κ2) is 9.67. The van der Waals surface area contributed by atoms with Crippen molar-refractivity contribution in [1.29, 1.82) is 0 Å². The van der Waals surface area contributed by atoms with Gasteiger partial charge < -0.3 is 15.4 Å². The van der Waals surface area contributed by atoms with Crippen LogP contribution in [-0.4, -0.2) is 30.1 Å². The highest BCUT2D eigenvalue weighted by Crippen LogP contribution is 2.28. The maximum Gasteiger partial charge on any atom is 0.339 e. The van der Waals surface area contributed by atoms with Crippen LogP contribution >= 0.6 is 11.8 Å². The zero-order valence-corrected chi connectivity index (χ0v) is 15.0. The lowest BCUT2D eigenvalue weighted by Crippen LogP contribution is -2.21. The van der Waals surface area contributed by atoms with Crippen molar-refractivity contribution < 1.29 is 27.9 Å². The first kappa shape index (κ1) is 20.4. The highest BCUT2D eigenvalue weighted by Gasteiger charge is 2.17. The molecule has 0 aliphatic carbocycles. The molecule has 2 amide bonds. The van der Waals surface area contributed by atoms with E-state index in [0.717, 1.165) is 0 Å². The van der Waals surface area contributed by atoms with E-state index in [1.54, 1.807) is 24.3 Å². The fourth-order valence-electron chi connectivity index (χ4n) is 2.08. The third-order valence-corrected chi connectivity index (χ3v) is 3.93. The van der Waals surface area contributed by atoms with Crippen molar-refractivity contribution in [2.45, 2.75) is 17.6 Å². The van der Waals surface area contributed by atoms with Gasteiger partial charge in [-0.05, 0) is 36.4 Å². The van der Waals surface area contributed by atoms with Gasteiger partial charge in [0.25, 0.3) is 11.7 Å². The first-order chi connectivity index (χ1) is 12.8. The molecule has 0 unspecified atom stereocenters. The number of nitrogens with one attached hydrogen (secondary N) is 2. The van der Waals surface area contributed by atoms with Crippen LogP contribution in [0.3, 0.4) is 0 Å². The van der Waals surface area contributed by atoms with E-state index in [1.807, 2.05) is 0 Å². The predicted octanol–water partition coefficient (Wildman–Crippen LogP) is 3.76. The van der Waals surface area contributed by atoms with E-state index in [2.05, 4.69) is 10.6 Å². The van der Waals surface area contributed by atoms with Gasteiger partial charge in [-0.2, -0.15) is 8.78 Å². The molecular weight excluding hydrogens is 378 g/mol. The first-order valence-electron chi connectivity index (χ1n) is 7.73. The molecule has 0 saturated heterocycles. The molecule has 0 aliphatic rings. The molecule has 6 nitrogen and oxygen atoms in total. The van der Waals surface area contributed by atoms with Crippen LogP contribution in [0, 0.1) is 0 Å². The summed E-state index contributed by atoms with van der Waals surface area (Å²) in [6, 6.07) is 12.1. The number of hydrogen-bond acceptors (Lipinski definition) is 5. The van der Waals surface area contributed by atoms with Gasteiger partial charge in [0.15, 0.2) is 6.61 Å². The summed E-state index contributed by atoms with van der Waals surface area (Å²) in [5.41, 5.74) is 0.981. The number of benzene rings is 2. The standard InChI is InChI=1S/C18H16F2N2O4S/c1-11(23)21-12-6-8-13(9-7-12)22-16(24)10-26-17(25)14-4-2-3-5-15(14)27-18(19)20/h2-9,18H,10H2,1H3,(H,21,23)(H,22,24). The van der Waals surface area contributed by atoms with Crippen LogP contribution in [0.2, 0.25) is 0 Å². The van der Waals surface area contributed by atoms with E-state index in [9.17, 15) is 23.2 Å². The highest BCUT2D eigenvalue weighted by molar-refractivity contribution is 7.99. The highest BCUT2D eigenvalue weighted by atomic mass is 32.2. The minimum absolute atomic E-state index is 0.0322. The number of rotatable bonds is 7. The SMILES string of the molecule is CC(=O)Nc1ccc(NC(=O)COC(=O)c2ccccc2SC(F)F)cc1. The Morgan fingerprint density at radius 2 is 1.59 bits per heavy atom. The van der Waals surface area contributed by atoms with E-state index in [4.69, 9.17) is 4.74 Å². The summed E-state index contributed by atoms with van der Waals surface area (Å²) < 4.78 is 30.0. The van der Waals surface area contributed by atoms with Crippen LogP contribution in [0.4, 0.5) is 20.2 Å². The van der Waals surface area contributed by atoms with E-state index in [1.165, 1.54) is 31.2 Å². The second-order valence-electron chi connectivity index (χ2n) is 5.26. The van der Waals surface area contributed by atoms with E-state index in [-0.39, 0.29) is 28.1 Å². The Morgan fingerprint density at radius 1 is 1.00 bits per heavy atom. The minimum Gasteiger partial charge on any atom is -0.452 e. The number of anilines is 2. The number of carbonyl (C=O) groups is 3. The van der Waals surface area contributed by atoms with Gasteiger partial charge in [0.2, 0.25) is 5.91 Å². The predicted molar refractivity (Wildman–Crippen MR) is 98.0 cm³/mol. The number of hydrogen-bond donors (Lipinski definition) is 2. The Morgan fingerprint density at radius 3 is 2.19 bits per heavy atom. The van der Waals surface area contributed by atoms with Crippen molar-refractivity contribution in [3.8, 4) is 0 Å². The van der Waals surface area contributed by atoms with Crippen molar-refractivity contribution in [2.75, 3.05) is 17.2 Å². The van der Waals surface area contributed by atoms with Gasteiger partial charge >= 0.3 is 5.97 Å². The molecule has 0 fully saturated rings. The van der Waals surface area contributed by atoms with Gasteiger partial charge in [-0.1, -0.05) is 23.9 Å². The molecular formula is C18H16F2N2O4S. The molecule has 0 aliphatic heterocycles. The molecule has 2 rings (SSSR count). The van der Waals surface area contributed by atoms with Gasteiger partial charge in [-0.3, -0.25) is 9.59 Å². The van der Waals surface area contributed by atoms with Crippen molar-refractivity contribution >= 4 is 40.9 Å². The zero-order chi connectivity index (χ0) is 19.8. The van der Waals surface area contributed by atoms with Crippen LogP contribution in [0.5, 0.6) is 0 Å². The first-order valence-corrected chi connectivity index (χ1v) is 8.61. The van der Waals surface area contributed by atoms with Crippen LogP contribution in [0.25, 0.3) is 0 Å². The Bertz CT molecular complexity index is 828. The molecule has 2 aromatic carbocycles. The average Bonchev–Trinajstić information content (AvgIpc) is 2.61. The van der Waals surface area contributed by atoms with E-state index >= 15 is 0 Å². The second-order valence-corrected chi connectivity index (χ2v) is 6.29. The molecule has 9 heteroatoms. The largest absolute Gasteiger partial charge is 0.452 e. The quantitative estimate of drug-likeness (QED) is 0.552. The van der Waals surface area contributed by atoms with Gasteiger partial charge in [0.05, 0.1) is 5.56 Å². The molecule has 0 aromatic heterocycles. The summed E-state index contributed by atoms with van der Waals surface area (Å²) in [7, 11) is 0. The number of halogens is 2. The number of amides is 2. The van der Waals surface area contributed by atoms with Gasteiger partial charge in [-0.15, -0.1) is 0 Å². The fourth-order valence-corrected chi connectivity index (χ4v) is 2.71. The molecule has 2 N–H and O–H groups in total. The Balaban J connectivity index is 1.90. The van der Waals surface area contributed by atoms with Crippen molar-refractivity contribution in [3.05, 3.63) is 54.1 Å². The Kier molecular flexibility index (Phi) is 7.30. The average molecular weight is 394 g/mol. The van der Waals surface area contributed by atoms with Crippen LogP contribution in [0.15, 0.2) is 53.4 Å². The number of thioether (sulfide) groups is 1. The van der Waals surface area contributed by atoms with Gasteiger partial charge in [0, 0.05) is 23.2 Å². The summed E-state index contributed by atoms with van der Waals surface area (Å²) >= 11 is 0.231. The zero-order valence-electron chi connectivity index (χ0n) is 14.2. The van der Waals surface area contributed by atoms with Crippen LogP contribution in [-0.2, 0) is 14.3 Å². The summed E-state index contributed by atoms with van der Waals surface area (Å²) in [4.78, 5) is 35.0. The molecule has 27 heavy (non-hydrogen) atoms. The topological polar surface area (TPSA) is 84.5 Å². The summed E-state index contributed by atoms with van der Waals surface area (Å²) in [6.45, 7) is 0.808. The van der Waals surface area contributed by atoms with Crippen molar-refractivity contribution in [3.63, 3.8) is 0 Å². The fraction of sp³-hybridized carbons (Fsp3) is 0.167. The van der Waals surface area contributed by atoms with Gasteiger partial charge in [0.1, 0.15) is 0 Å². The number of carbonyl (C=O) groups excluding carboxylic acids is 3. The molecule has 2 aromatic rings.